The summed E-state index contributed by atoms with van der Waals surface area (Å²) in [5.74, 6) is 0. The van der Waals surface area contributed by atoms with Crippen molar-refractivity contribution in [1.29, 1.82) is 0 Å². The predicted molar refractivity (Wildman–Crippen MR) is 49.2 cm³/mol. The zero-order valence-corrected chi connectivity index (χ0v) is 7.88. The van der Waals surface area contributed by atoms with Crippen LogP contribution in [0.25, 0.3) is 0 Å². The number of nitrogens with one attached hydrogen (secondary N) is 1. The van der Waals surface area contributed by atoms with Gasteiger partial charge in [-0.25, -0.2) is 0 Å². The molecule has 0 unspecified atom stereocenters. The van der Waals surface area contributed by atoms with Crippen LogP contribution in [0.4, 0.5) is 0 Å². The third-order valence-electron chi connectivity index (χ3n) is 3.18. The van der Waals surface area contributed by atoms with Crippen LogP contribution >= 0.6 is 0 Å². The van der Waals surface area contributed by atoms with Crippen molar-refractivity contribution < 1.29 is 4.74 Å². The zero-order chi connectivity index (χ0) is 8.39. The lowest BCUT2D eigenvalue weighted by Gasteiger charge is -2.20. The molecule has 1 aliphatic heterocycles. The van der Waals surface area contributed by atoms with Crippen LogP contribution in [-0.4, -0.2) is 24.8 Å². The Hall–Kier alpha value is -0.0800. The van der Waals surface area contributed by atoms with Crippen molar-refractivity contribution >= 4 is 0 Å². The van der Waals surface area contributed by atoms with Gasteiger partial charge in [-0.15, -0.1) is 0 Å². The Morgan fingerprint density at radius 2 is 1.92 bits per heavy atom. The quantitative estimate of drug-likeness (QED) is 0.679. The smallest absolute Gasteiger partial charge is 0.0700 e. The molecular formula is C10H19NO. The Morgan fingerprint density at radius 1 is 1.17 bits per heavy atom. The van der Waals surface area contributed by atoms with Crippen molar-refractivity contribution in [3.63, 3.8) is 0 Å². The molecule has 1 saturated heterocycles. The summed E-state index contributed by atoms with van der Waals surface area (Å²) in [7, 11) is 0. The summed E-state index contributed by atoms with van der Waals surface area (Å²) in [5.41, 5.74) is 0. The molecule has 2 aliphatic rings. The van der Waals surface area contributed by atoms with Gasteiger partial charge in [0.2, 0.25) is 0 Å². The van der Waals surface area contributed by atoms with Crippen LogP contribution in [0.1, 0.15) is 39.0 Å². The minimum atomic E-state index is 0.436. The van der Waals surface area contributed by atoms with Gasteiger partial charge in [0.05, 0.1) is 6.10 Å². The fourth-order valence-corrected chi connectivity index (χ4v) is 2.35. The standard InChI is InChI=1S/C10H19NO/c1-8-10(6-7-12-8)11-9-4-2-3-5-9/h8-11H,2-7H2,1H3/t8-,10+/m0/s1. The Labute approximate surface area is 74.7 Å². The molecule has 0 amide bonds. The van der Waals surface area contributed by atoms with Crippen molar-refractivity contribution in [2.45, 2.75) is 57.2 Å². The van der Waals surface area contributed by atoms with Crippen LogP contribution in [0, 0.1) is 0 Å². The monoisotopic (exact) mass is 169 g/mol. The highest BCUT2D eigenvalue weighted by atomic mass is 16.5. The van der Waals surface area contributed by atoms with Crippen LogP contribution in [0.5, 0.6) is 0 Å². The van der Waals surface area contributed by atoms with Gasteiger partial charge >= 0.3 is 0 Å². The normalized spacial score (nSPS) is 37.8. The molecule has 1 heterocycles. The van der Waals surface area contributed by atoms with E-state index in [9.17, 15) is 0 Å². The predicted octanol–water partition coefficient (Wildman–Crippen LogP) is 1.70. The molecule has 2 heteroatoms. The van der Waals surface area contributed by atoms with E-state index in [0.717, 1.165) is 12.6 Å². The average molecular weight is 169 g/mol. The number of hydrogen-bond donors (Lipinski definition) is 1. The van der Waals surface area contributed by atoms with Gasteiger partial charge in [0.15, 0.2) is 0 Å². The van der Waals surface area contributed by atoms with Crippen molar-refractivity contribution in [3.05, 3.63) is 0 Å². The van der Waals surface area contributed by atoms with E-state index in [1.165, 1.54) is 32.1 Å². The van der Waals surface area contributed by atoms with E-state index in [4.69, 9.17) is 4.74 Å². The van der Waals surface area contributed by atoms with Crippen molar-refractivity contribution in [1.82, 2.24) is 5.32 Å². The number of ether oxygens (including phenoxy) is 1. The van der Waals surface area contributed by atoms with Gasteiger partial charge in [0.25, 0.3) is 0 Å². The maximum atomic E-state index is 5.51. The minimum absolute atomic E-state index is 0.436. The van der Waals surface area contributed by atoms with Crippen molar-refractivity contribution in [3.8, 4) is 0 Å². The second-order valence-electron chi connectivity index (χ2n) is 4.12. The van der Waals surface area contributed by atoms with Gasteiger partial charge in [-0.3, -0.25) is 0 Å². The summed E-state index contributed by atoms with van der Waals surface area (Å²) < 4.78 is 5.51. The Kier molecular flexibility index (Phi) is 2.66. The molecule has 12 heavy (non-hydrogen) atoms. The highest BCUT2D eigenvalue weighted by Gasteiger charge is 2.27. The van der Waals surface area contributed by atoms with E-state index in [1.807, 2.05) is 0 Å². The number of rotatable bonds is 2. The second-order valence-corrected chi connectivity index (χ2v) is 4.12. The van der Waals surface area contributed by atoms with Crippen LogP contribution in [0.2, 0.25) is 0 Å². The summed E-state index contributed by atoms with van der Waals surface area (Å²) in [6.45, 7) is 3.13. The van der Waals surface area contributed by atoms with Crippen molar-refractivity contribution in [2.24, 2.45) is 0 Å². The molecule has 1 N–H and O–H groups in total. The molecule has 0 spiro atoms. The third-order valence-corrected chi connectivity index (χ3v) is 3.18. The molecule has 0 aromatic rings. The molecule has 1 saturated carbocycles. The summed E-state index contributed by atoms with van der Waals surface area (Å²) >= 11 is 0. The molecule has 0 bridgehead atoms. The molecule has 0 aromatic carbocycles. The second kappa shape index (κ2) is 3.75. The lowest BCUT2D eigenvalue weighted by atomic mass is 10.1. The van der Waals surface area contributed by atoms with Crippen LogP contribution in [0.3, 0.4) is 0 Å². The number of hydrogen-bond acceptors (Lipinski definition) is 2. The molecule has 0 radical (unpaired) electrons. The molecule has 2 fully saturated rings. The Balaban J connectivity index is 1.77. The summed E-state index contributed by atoms with van der Waals surface area (Å²) in [5, 5.41) is 3.70. The Morgan fingerprint density at radius 3 is 2.50 bits per heavy atom. The first-order chi connectivity index (χ1) is 5.86. The van der Waals surface area contributed by atoms with E-state index < -0.39 is 0 Å². The molecule has 1 aliphatic carbocycles. The van der Waals surface area contributed by atoms with Gasteiger partial charge in [-0.1, -0.05) is 12.8 Å². The van der Waals surface area contributed by atoms with Crippen LogP contribution < -0.4 is 5.32 Å². The third kappa shape index (κ3) is 1.80. The fraction of sp³-hybridized carbons (Fsp3) is 1.00. The van der Waals surface area contributed by atoms with Gasteiger partial charge in [-0.2, -0.15) is 0 Å². The van der Waals surface area contributed by atoms with E-state index in [0.29, 0.717) is 12.1 Å². The molecule has 70 valence electrons. The lowest BCUT2D eigenvalue weighted by Crippen LogP contribution is -2.40. The first-order valence-electron chi connectivity index (χ1n) is 5.24. The largest absolute Gasteiger partial charge is 0.377 e. The van der Waals surface area contributed by atoms with Gasteiger partial charge in [0, 0.05) is 18.7 Å². The molecule has 0 aromatic heterocycles. The van der Waals surface area contributed by atoms with E-state index >= 15 is 0 Å². The Bertz CT molecular complexity index is 143. The van der Waals surface area contributed by atoms with Crippen molar-refractivity contribution in [2.75, 3.05) is 6.61 Å². The zero-order valence-electron chi connectivity index (χ0n) is 7.88. The first kappa shape index (κ1) is 8.52. The fourth-order valence-electron chi connectivity index (χ4n) is 2.35. The minimum Gasteiger partial charge on any atom is -0.377 e. The maximum Gasteiger partial charge on any atom is 0.0700 e. The highest BCUT2D eigenvalue weighted by Crippen LogP contribution is 2.21. The average Bonchev–Trinajstić information content (AvgIpc) is 2.65. The summed E-state index contributed by atoms with van der Waals surface area (Å²) in [6.07, 6.45) is 7.23. The van der Waals surface area contributed by atoms with E-state index in [-0.39, 0.29) is 0 Å². The van der Waals surface area contributed by atoms with E-state index in [1.54, 1.807) is 0 Å². The molecule has 2 rings (SSSR count). The summed E-state index contributed by atoms with van der Waals surface area (Å²) in [6, 6.07) is 1.42. The first-order valence-corrected chi connectivity index (χ1v) is 5.24. The SMILES string of the molecule is C[C@@H]1OCC[C@H]1NC1CCCC1. The van der Waals surface area contributed by atoms with Crippen LogP contribution in [0.15, 0.2) is 0 Å². The van der Waals surface area contributed by atoms with Gasteiger partial charge < -0.3 is 10.1 Å². The van der Waals surface area contributed by atoms with Gasteiger partial charge in [0.1, 0.15) is 0 Å². The van der Waals surface area contributed by atoms with E-state index in [2.05, 4.69) is 12.2 Å². The van der Waals surface area contributed by atoms with Crippen LogP contribution in [-0.2, 0) is 4.74 Å². The lowest BCUT2D eigenvalue weighted by molar-refractivity contribution is 0.111. The topological polar surface area (TPSA) is 21.3 Å². The van der Waals surface area contributed by atoms with Gasteiger partial charge in [-0.05, 0) is 26.2 Å². The molecular weight excluding hydrogens is 150 g/mol. The molecule has 2 atom stereocenters. The molecule has 2 nitrogen and oxygen atoms in total. The summed E-state index contributed by atoms with van der Waals surface area (Å²) in [4.78, 5) is 0. The highest BCUT2D eigenvalue weighted by molar-refractivity contribution is 4.84. The maximum absolute atomic E-state index is 5.51.